The Morgan fingerprint density at radius 2 is 1.95 bits per heavy atom. The molecule has 0 aliphatic carbocycles. The van der Waals surface area contributed by atoms with Crippen LogP contribution in [0.5, 0.6) is 0 Å². The number of rotatable bonds is 5. The molecule has 6 heteroatoms. The van der Waals surface area contributed by atoms with E-state index >= 15 is 0 Å². The number of carbonyl (C=O) groups excluding carboxylic acids is 1. The van der Waals surface area contributed by atoms with Gasteiger partial charge in [-0.1, -0.05) is 12.1 Å². The second-order valence-corrected chi connectivity index (χ2v) is 5.03. The lowest BCUT2D eigenvalue weighted by Crippen LogP contribution is -2.45. The molecule has 19 heavy (non-hydrogen) atoms. The van der Waals surface area contributed by atoms with E-state index in [0.717, 1.165) is 11.3 Å². The van der Waals surface area contributed by atoms with E-state index in [-0.39, 0.29) is 30.6 Å². The molecule has 6 nitrogen and oxygen atoms in total. The predicted molar refractivity (Wildman–Crippen MR) is 71.8 cm³/mol. The summed E-state index contributed by atoms with van der Waals surface area (Å²) in [5.74, 6) is 0.724. The Morgan fingerprint density at radius 1 is 1.32 bits per heavy atom. The van der Waals surface area contributed by atoms with E-state index in [1.54, 1.807) is 0 Å². The van der Waals surface area contributed by atoms with Crippen molar-refractivity contribution in [3.8, 4) is 0 Å². The molecule has 1 heterocycles. The largest absolute Gasteiger partial charge is 0.396 e. The maximum Gasteiger partial charge on any atom is 0.315 e. The average molecular weight is 269 g/mol. The maximum atomic E-state index is 11.8. The lowest BCUT2D eigenvalue weighted by Gasteiger charge is -2.21. The van der Waals surface area contributed by atoms with Crippen molar-refractivity contribution in [1.82, 2.24) is 15.8 Å². The fourth-order valence-electron chi connectivity index (χ4n) is 1.93. The van der Waals surface area contributed by atoms with E-state index in [1.165, 1.54) is 0 Å². The average Bonchev–Trinajstić information content (AvgIpc) is 2.67. The Morgan fingerprint density at radius 3 is 2.42 bits per heavy atom. The van der Waals surface area contributed by atoms with E-state index in [9.17, 15) is 4.79 Å². The second kappa shape index (κ2) is 6.56. The topological polar surface area (TPSA) is 87.4 Å². The molecule has 0 aliphatic heterocycles. The fourth-order valence-corrected chi connectivity index (χ4v) is 1.93. The third kappa shape index (κ3) is 3.96. The highest BCUT2D eigenvalue weighted by molar-refractivity contribution is 5.74. The molecule has 2 amide bonds. The SMILES string of the molecule is Cc1noc(C)c1C(C)NC(=O)NC(C)C(C)CO. The summed E-state index contributed by atoms with van der Waals surface area (Å²) in [7, 11) is 0. The van der Waals surface area contributed by atoms with Gasteiger partial charge in [-0.05, 0) is 33.6 Å². The molecule has 1 rings (SSSR count). The molecule has 3 atom stereocenters. The van der Waals surface area contributed by atoms with Crippen molar-refractivity contribution in [2.24, 2.45) is 5.92 Å². The Kier molecular flexibility index (Phi) is 5.35. The number of nitrogens with zero attached hydrogens (tertiary/aromatic N) is 1. The highest BCUT2D eigenvalue weighted by Gasteiger charge is 2.20. The van der Waals surface area contributed by atoms with Crippen molar-refractivity contribution in [3.63, 3.8) is 0 Å². The van der Waals surface area contributed by atoms with Gasteiger partial charge in [0.1, 0.15) is 5.76 Å². The first-order valence-corrected chi connectivity index (χ1v) is 6.47. The van der Waals surface area contributed by atoms with Gasteiger partial charge in [0, 0.05) is 18.2 Å². The van der Waals surface area contributed by atoms with Gasteiger partial charge >= 0.3 is 6.03 Å². The van der Waals surface area contributed by atoms with Crippen LogP contribution in [0.1, 0.15) is 43.8 Å². The number of nitrogens with one attached hydrogen (secondary N) is 2. The summed E-state index contributed by atoms with van der Waals surface area (Å²) in [6.07, 6.45) is 0. The van der Waals surface area contributed by atoms with Crippen molar-refractivity contribution in [2.45, 2.75) is 46.7 Å². The number of urea groups is 1. The van der Waals surface area contributed by atoms with E-state index in [2.05, 4.69) is 15.8 Å². The third-order valence-electron chi connectivity index (χ3n) is 3.37. The van der Waals surface area contributed by atoms with Gasteiger partial charge in [-0.3, -0.25) is 0 Å². The van der Waals surface area contributed by atoms with Crippen molar-refractivity contribution in [1.29, 1.82) is 0 Å². The molecule has 0 saturated heterocycles. The van der Waals surface area contributed by atoms with Crippen LogP contribution in [0.3, 0.4) is 0 Å². The van der Waals surface area contributed by atoms with E-state index in [4.69, 9.17) is 9.63 Å². The van der Waals surface area contributed by atoms with E-state index in [0.29, 0.717) is 5.76 Å². The van der Waals surface area contributed by atoms with Crippen molar-refractivity contribution < 1.29 is 14.4 Å². The molecular weight excluding hydrogens is 246 g/mol. The van der Waals surface area contributed by atoms with Gasteiger partial charge in [-0.25, -0.2) is 4.79 Å². The molecule has 0 aliphatic rings. The summed E-state index contributed by atoms with van der Waals surface area (Å²) in [6, 6.07) is -0.537. The molecule has 0 bridgehead atoms. The Balaban J connectivity index is 2.58. The second-order valence-electron chi connectivity index (χ2n) is 5.03. The molecule has 1 aromatic heterocycles. The zero-order chi connectivity index (χ0) is 14.6. The number of hydrogen-bond donors (Lipinski definition) is 3. The summed E-state index contributed by atoms with van der Waals surface area (Å²) >= 11 is 0. The van der Waals surface area contributed by atoms with Crippen molar-refractivity contribution in [2.75, 3.05) is 6.61 Å². The highest BCUT2D eigenvalue weighted by atomic mass is 16.5. The van der Waals surface area contributed by atoms with Gasteiger partial charge in [0.25, 0.3) is 0 Å². The standard InChI is InChI=1S/C13H23N3O3/c1-7(6-17)8(2)14-13(18)15-9(3)12-10(4)16-19-11(12)5/h7-9,17H,6H2,1-5H3,(H2,14,15,18). The molecule has 0 fully saturated rings. The molecule has 0 aromatic carbocycles. The highest BCUT2D eigenvalue weighted by Crippen LogP contribution is 2.20. The van der Waals surface area contributed by atoms with Crippen LogP contribution in [0.4, 0.5) is 4.79 Å². The minimum atomic E-state index is -0.264. The summed E-state index contributed by atoms with van der Waals surface area (Å²) in [5.41, 5.74) is 1.68. The normalized spacial score (nSPS) is 15.7. The summed E-state index contributed by atoms with van der Waals surface area (Å²) < 4.78 is 5.08. The van der Waals surface area contributed by atoms with Crippen LogP contribution in [-0.4, -0.2) is 28.9 Å². The molecule has 3 N–H and O–H groups in total. The summed E-state index contributed by atoms with van der Waals surface area (Å²) in [4.78, 5) is 11.8. The predicted octanol–water partition coefficient (Wildman–Crippen LogP) is 1.67. The van der Waals surface area contributed by atoms with E-state index < -0.39 is 0 Å². The first kappa shape index (κ1) is 15.5. The van der Waals surface area contributed by atoms with Gasteiger partial charge in [0.15, 0.2) is 0 Å². The van der Waals surface area contributed by atoms with Crippen molar-refractivity contribution in [3.05, 3.63) is 17.0 Å². The zero-order valence-corrected chi connectivity index (χ0v) is 12.2. The van der Waals surface area contributed by atoms with Crippen molar-refractivity contribution >= 4 is 6.03 Å². The van der Waals surface area contributed by atoms with Gasteiger partial charge in [-0.15, -0.1) is 0 Å². The molecule has 1 aromatic rings. The number of hydrogen-bond acceptors (Lipinski definition) is 4. The smallest absolute Gasteiger partial charge is 0.315 e. The van der Waals surface area contributed by atoms with Crippen LogP contribution in [-0.2, 0) is 0 Å². The fraction of sp³-hybridized carbons (Fsp3) is 0.692. The number of amides is 2. The third-order valence-corrected chi connectivity index (χ3v) is 3.37. The molecule has 0 saturated carbocycles. The Hall–Kier alpha value is -1.56. The minimum absolute atomic E-state index is 0.0140. The van der Waals surface area contributed by atoms with Gasteiger partial charge in [0.2, 0.25) is 0 Å². The monoisotopic (exact) mass is 269 g/mol. The first-order chi connectivity index (χ1) is 8.86. The van der Waals surface area contributed by atoms with E-state index in [1.807, 2.05) is 34.6 Å². The van der Waals surface area contributed by atoms with Gasteiger partial charge in [-0.2, -0.15) is 0 Å². The molecule has 108 valence electrons. The number of carbonyl (C=O) groups is 1. The summed E-state index contributed by atoms with van der Waals surface area (Å²) in [6.45, 7) is 9.33. The van der Waals surface area contributed by atoms with Gasteiger partial charge in [0.05, 0.1) is 11.7 Å². The molecule has 0 spiro atoms. The maximum absolute atomic E-state index is 11.8. The molecular formula is C13H23N3O3. The van der Waals surface area contributed by atoms with Crippen LogP contribution in [0.25, 0.3) is 0 Å². The first-order valence-electron chi connectivity index (χ1n) is 6.47. The van der Waals surface area contributed by atoms with Gasteiger partial charge < -0.3 is 20.3 Å². The summed E-state index contributed by atoms with van der Waals surface area (Å²) in [5, 5.41) is 18.5. The number of aliphatic hydroxyl groups is 1. The van der Waals surface area contributed by atoms with Crippen LogP contribution in [0.2, 0.25) is 0 Å². The quantitative estimate of drug-likeness (QED) is 0.758. The number of aromatic nitrogens is 1. The van der Waals surface area contributed by atoms with Crippen LogP contribution in [0, 0.1) is 19.8 Å². The lowest BCUT2D eigenvalue weighted by molar-refractivity contribution is 0.199. The number of aryl methyl sites for hydroxylation is 2. The Bertz CT molecular complexity index is 411. The van der Waals surface area contributed by atoms with Crippen LogP contribution in [0.15, 0.2) is 4.52 Å². The number of aliphatic hydroxyl groups excluding tert-OH is 1. The Labute approximate surface area is 113 Å². The molecule has 3 unspecified atom stereocenters. The van der Waals surface area contributed by atoms with Crippen LogP contribution >= 0.6 is 0 Å². The minimum Gasteiger partial charge on any atom is -0.396 e. The van der Waals surface area contributed by atoms with Crippen LogP contribution < -0.4 is 10.6 Å². The lowest BCUT2D eigenvalue weighted by atomic mass is 10.1. The molecule has 0 radical (unpaired) electrons. The zero-order valence-electron chi connectivity index (χ0n) is 12.2.